The summed E-state index contributed by atoms with van der Waals surface area (Å²) in [5.41, 5.74) is 2.58. The van der Waals surface area contributed by atoms with E-state index < -0.39 is 10.0 Å². The molecule has 0 unspecified atom stereocenters. The van der Waals surface area contributed by atoms with Gasteiger partial charge in [0.25, 0.3) is 0 Å². The molecule has 0 amide bonds. The van der Waals surface area contributed by atoms with Crippen molar-refractivity contribution in [2.24, 2.45) is 0 Å². The molecule has 0 spiro atoms. The van der Waals surface area contributed by atoms with E-state index in [2.05, 4.69) is 0 Å². The lowest BCUT2D eigenvalue weighted by Gasteiger charge is -2.14. The predicted molar refractivity (Wildman–Crippen MR) is 69.3 cm³/mol. The maximum absolute atomic E-state index is 11.6. The van der Waals surface area contributed by atoms with Crippen LogP contribution in [0.2, 0.25) is 0 Å². The predicted octanol–water partition coefficient (Wildman–Crippen LogP) is -0.175. The number of sulfonamides is 1. The lowest BCUT2D eigenvalue weighted by atomic mass is 10.1. The highest BCUT2D eigenvalue weighted by Gasteiger charge is 2.19. The van der Waals surface area contributed by atoms with Crippen molar-refractivity contribution in [1.29, 1.82) is 0 Å². The fraction of sp³-hybridized carbons (Fsp3) is 0.417. The van der Waals surface area contributed by atoms with E-state index in [9.17, 15) is 8.42 Å². The van der Waals surface area contributed by atoms with Crippen LogP contribution in [0.5, 0.6) is 0 Å². The lowest BCUT2D eigenvalue weighted by molar-refractivity contribution is -0.115. The van der Waals surface area contributed by atoms with Crippen LogP contribution in [0.1, 0.15) is 18.1 Å². The maximum atomic E-state index is 11.6. The lowest BCUT2D eigenvalue weighted by Crippen LogP contribution is -2.48. The number of hydrogen-bond acceptors (Lipinski definition) is 2. The molecule has 5 heteroatoms. The van der Waals surface area contributed by atoms with Crippen molar-refractivity contribution in [2.45, 2.75) is 13.8 Å². The number of rotatable bonds is 5. The number of nitrogens with two attached hydrogens (primary N) is 1. The minimum atomic E-state index is -3.18. The van der Waals surface area contributed by atoms with Gasteiger partial charge in [0.05, 0.1) is 12.3 Å². The number of benzene rings is 1. The second-order valence-corrected chi connectivity index (χ2v) is 6.41. The third-order valence-electron chi connectivity index (χ3n) is 2.66. The van der Waals surface area contributed by atoms with Gasteiger partial charge in [-0.3, -0.25) is 5.41 Å². The third kappa shape index (κ3) is 3.64. The minimum absolute atomic E-state index is 0.0880. The molecule has 0 aliphatic carbocycles. The van der Waals surface area contributed by atoms with Crippen LogP contribution >= 0.6 is 0 Å². The molecule has 0 fully saturated rings. The fourth-order valence-corrected chi connectivity index (χ4v) is 2.19. The molecule has 2 N–H and O–H groups in total. The molecule has 0 radical (unpaired) electrons. The standard InChI is InChI=1S/C12H18N2O2S/c1-4-17(15,16)14(3)9-12(13)11-7-5-10(2)6-8-11/h5-8,13H,4,9H2,1-3H3/p+1. The Morgan fingerprint density at radius 2 is 1.82 bits per heavy atom. The number of nitrogens with zero attached hydrogens (tertiary/aromatic N) is 1. The Morgan fingerprint density at radius 1 is 1.29 bits per heavy atom. The molecule has 0 saturated heterocycles. The largest absolute Gasteiger partial charge is 0.256 e. The molecule has 4 nitrogen and oxygen atoms in total. The Kier molecular flexibility index (Phi) is 4.42. The Bertz CT molecular complexity index is 492. The van der Waals surface area contributed by atoms with E-state index in [4.69, 9.17) is 5.41 Å². The molecule has 1 aromatic rings. The zero-order valence-electron chi connectivity index (χ0n) is 10.5. The fourth-order valence-electron chi connectivity index (χ4n) is 1.42. The molecule has 0 aliphatic heterocycles. The summed E-state index contributed by atoms with van der Waals surface area (Å²) < 4.78 is 24.4. The zero-order valence-corrected chi connectivity index (χ0v) is 11.3. The van der Waals surface area contributed by atoms with E-state index in [1.54, 1.807) is 14.0 Å². The normalized spacial score (nSPS) is 11.8. The van der Waals surface area contributed by atoms with Crippen LogP contribution in [0.3, 0.4) is 0 Å². The maximum Gasteiger partial charge on any atom is 0.214 e. The van der Waals surface area contributed by atoms with Crippen molar-refractivity contribution < 1.29 is 13.8 Å². The van der Waals surface area contributed by atoms with Crippen molar-refractivity contribution in [2.75, 3.05) is 19.3 Å². The van der Waals surface area contributed by atoms with Crippen molar-refractivity contribution in [3.05, 3.63) is 35.4 Å². The highest BCUT2D eigenvalue weighted by atomic mass is 32.2. The van der Waals surface area contributed by atoms with Crippen molar-refractivity contribution in [1.82, 2.24) is 4.31 Å². The van der Waals surface area contributed by atoms with E-state index >= 15 is 0 Å². The summed E-state index contributed by atoms with van der Waals surface area (Å²) in [6.07, 6.45) is 0. The van der Waals surface area contributed by atoms with Crippen molar-refractivity contribution in [3.63, 3.8) is 0 Å². The van der Waals surface area contributed by atoms with E-state index in [0.717, 1.165) is 11.1 Å². The van der Waals surface area contributed by atoms with Gasteiger partial charge in [0.15, 0.2) is 5.71 Å². The summed E-state index contributed by atoms with van der Waals surface area (Å²) in [6, 6.07) is 7.71. The molecule has 1 aromatic carbocycles. The molecule has 0 aromatic heterocycles. The Balaban J connectivity index is 2.77. The average molecular weight is 255 g/mol. The number of hydrogen-bond donors (Lipinski definition) is 1. The molecular weight excluding hydrogens is 236 g/mol. The van der Waals surface area contributed by atoms with Crippen molar-refractivity contribution in [3.8, 4) is 0 Å². The first kappa shape index (κ1) is 13.9. The van der Waals surface area contributed by atoms with Crippen LogP contribution in [-0.4, -0.2) is 37.8 Å². The first-order valence-corrected chi connectivity index (χ1v) is 7.10. The zero-order chi connectivity index (χ0) is 13.1. The van der Waals surface area contributed by atoms with Gasteiger partial charge in [-0.05, 0) is 26.0 Å². The third-order valence-corrected chi connectivity index (χ3v) is 4.46. The molecule has 17 heavy (non-hydrogen) atoms. The molecule has 0 aliphatic rings. The number of aryl methyl sites for hydroxylation is 1. The van der Waals surface area contributed by atoms with Crippen LogP contribution in [0, 0.1) is 6.92 Å². The van der Waals surface area contributed by atoms with Crippen LogP contribution in [0.15, 0.2) is 24.3 Å². The van der Waals surface area contributed by atoms with E-state index in [0.29, 0.717) is 5.71 Å². The summed E-state index contributed by atoms with van der Waals surface area (Å²) in [5.74, 6) is 0.0880. The molecule has 94 valence electrons. The van der Waals surface area contributed by atoms with Gasteiger partial charge in [-0.15, -0.1) is 0 Å². The van der Waals surface area contributed by atoms with Gasteiger partial charge in [-0.1, -0.05) is 17.7 Å². The molecule has 0 heterocycles. The van der Waals surface area contributed by atoms with E-state index in [1.807, 2.05) is 31.2 Å². The highest BCUT2D eigenvalue weighted by molar-refractivity contribution is 7.89. The van der Waals surface area contributed by atoms with Gasteiger partial charge < -0.3 is 0 Å². The number of likely N-dealkylation sites (N-methyl/N-ethyl adjacent to an activating group) is 1. The molecule has 1 rings (SSSR count). The monoisotopic (exact) mass is 255 g/mol. The van der Waals surface area contributed by atoms with Crippen LogP contribution in [0.4, 0.5) is 0 Å². The van der Waals surface area contributed by atoms with E-state index in [-0.39, 0.29) is 12.3 Å². The first-order chi connectivity index (χ1) is 7.86. The van der Waals surface area contributed by atoms with Gasteiger partial charge in [-0.25, -0.2) is 8.42 Å². The molecule has 0 saturated carbocycles. The highest BCUT2D eigenvalue weighted by Crippen LogP contribution is 2.05. The van der Waals surface area contributed by atoms with Crippen LogP contribution < -0.4 is 5.41 Å². The second-order valence-electron chi connectivity index (χ2n) is 4.05. The molecular formula is C12H19N2O2S+. The summed E-state index contributed by atoms with van der Waals surface area (Å²) in [6.45, 7) is 3.83. The van der Waals surface area contributed by atoms with Gasteiger partial charge in [0, 0.05) is 12.6 Å². The SMILES string of the molecule is CCS(=O)(=O)N(C)CC(=[NH2+])c1ccc(C)cc1. The smallest absolute Gasteiger partial charge is 0.214 e. The van der Waals surface area contributed by atoms with Crippen LogP contribution in [-0.2, 0) is 10.0 Å². The van der Waals surface area contributed by atoms with Crippen LogP contribution in [0.25, 0.3) is 0 Å². The summed E-state index contributed by atoms with van der Waals surface area (Å²) >= 11 is 0. The summed E-state index contributed by atoms with van der Waals surface area (Å²) in [4.78, 5) is 0. The molecule has 0 bridgehead atoms. The quantitative estimate of drug-likeness (QED) is 0.742. The Labute approximate surface area is 103 Å². The van der Waals surface area contributed by atoms with Gasteiger partial charge in [-0.2, -0.15) is 4.31 Å². The minimum Gasteiger partial charge on any atom is -0.256 e. The Hall–Kier alpha value is -1.20. The average Bonchev–Trinajstić information content (AvgIpc) is 2.29. The molecule has 0 atom stereocenters. The first-order valence-electron chi connectivity index (χ1n) is 5.49. The van der Waals surface area contributed by atoms with E-state index in [1.165, 1.54) is 4.31 Å². The van der Waals surface area contributed by atoms with Gasteiger partial charge in [0.1, 0.15) is 0 Å². The van der Waals surface area contributed by atoms with Gasteiger partial charge >= 0.3 is 0 Å². The van der Waals surface area contributed by atoms with Crippen molar-refractivity contribution >= 4 is 15.7 Å². The second kappa shape index (κ2) is 5.42. The summed E-state index contributed by atoms with van der Waals surface area (Å²) in [7, 11) is -1.64. The van der Waals surface area contributed by atoms with Gasteiger partial charge in [0.2, 0.25) is 10.0 Å². The summed E-state index contributed by atoms with van der Waals surface area (Å²) in [5, 5.41) is 5.91. The Morgan fingerprint density at radius 3 is 2.29 bits per heavy atom. The topological polar surface area (TPSA) is 63.0 Å².